The molecule has 2 atom stereocenters. The first kappa shape index (κ1) is 17.7. The molecule has 0 aromatic carbocycles. The standard InChI is InChI=1S/C18H28N4OS/c1-11-9-22(10-12(2)23-11)7-6-19-8-16-13(3)17-14(4)20-15(5)21-18(17)24-16/h11-12,19H,6-10H2,1-5H3/t11-,12+. The molecule has 24 heavy (non-hydrogen) atoms. The predicted octanol–water partition coefficient (Wildman–Crippen LogP) is 2.82. The number of nitrogens with one attached hydrogen (secondary N) is 1. The molecule has 1 N–H and O–H groups in total. The third-order valence-corrected chi connectivity index (χ3v) is 5.75. The Labute approximate surface area is 148 Å². The maximum atomic E-state index is 5.79. The number of hydrogen-bond acceptors (Lipinski definition) is 6. The summed E-state index contributed by atoms with van der Waals surface area (Å²) in [4.78, 5) is 14.1. The second kappa shape index (κ2) is 7.44. The number of aromatic nitrogens is 2. The van der Waals surface area contributed by atoms with Gasteiger partial charge in [-0.05, 0) is 40.2 Å². The average Bonchev–Trinajstić information content (AvgIpc) is 2.79. The van der Waals surface area contributed by atoms with Crippen molar-refractivity contribution in [2.75, 3.05) is 26.2 Å². The highest BCUT2D eigenvalue weighted by Gasteiger charge is 2.21. The first-order valence-electron chi connectivity index (χ1n) is 8.75. The summed E-state index contributed by atoms with van der Waals surface area (Å²) in [6.45, 7) is 15.6. The fourth-order valence-corrected chi connectivity index (χ4v) is 4.84. The van der Waals surface area contributed by atoms with Gasteiger partial charge in [0.2, 0.25) is 0 Å². The largest absolute Gasteiger partial charge is 0.373 e. The van der Waals surface area contributed by atoms with E-state index in [2.05, 4.69) is 47.9 Å². The molecule has 0 bridgehead atoms. The van der Waals surface area contributed by atoms with Crippen LogP contribution in [0.2, 0.25) is 0 Å². The van der Waals surface area contributed by atoms with Crippen molar-refractivity contribution in [3.05, 3.63) is 22.0 Å². The van der Waals surface area contributed by atoms with E-state index in [9.17, 15) is 0 Å². The Morgan fingerprint density at radius 2 is 1.88 bits per heavy atom. The number of fused-ring (bicyclic) bond motifs is 1. The minimum atomic E-state index is 0.336. The maximum absolute atomic E-state index is 5.79. The molecule has 3 rings (SSSR count). The van der Waals surface area contributed by atoms with Gasteiger partial charge in [0, 0.05) is 48.7 Å². The average molecular weight is 349 g/mol. The maximum Gasteiger partial charge on any atom is 0.127 e. The molecule has 0 spiro atoms. The zero-order chi connectivity index (χ0) is 17.3. The van der Waals surface area contributed by atoms with Gasteiger partial charge in [-0.15, -0.1) is 11.3 Å². The smallest absolute Gasteiger partial charge is 0.127 e. The minimum absolute atomic E-state index is 0.336. The van der Waals surface area contributed by atoms with Gasteiger partial charge < -0.3 is 10.1 Å². The summed E-state index contributed by atoms with van der Waals surface area (Å²) in [5.74, 6) is 0.858. The highest BCUT2D eigenvalue weighted by atomic mass is 32.1. The number of morpholine rings is 1. The Bertz CT molecular complexity index is 705. The van der Waals surface area contributed by atoms with Gasteiger partial charge in [0.1, 0.15) is 10.7 Å². The van der Waals surface area contributed by atoms with Gasteiger partial charge in [0.05, 0.1) is 12.2 Å². The second-order valence-corrected chi connectivity index (χ2v) is 7.96. The SMILES string of the molecule is Cc1nc(C)c2c(C)c(CNCCN3C[C@@H](C)O[C@@H](C)C3)sc2n1. The van der Waals surface area contributed by atoms with Gasteiger partial charge in [-0.25, -0.2) is 9.97 Å². The number of ether oxygens (including phenoxy) is 1. The van der Waals surface area contributed by atoms with E-state index in [4.69, 9.17) is 4.74 Å². The predicted molar refractivity (Wildman–Crippen MR) is 99.8 cm³/mol. The van der Waals surface area contributed by atoms with Crippen molar-refractivity contribution < 1.29 is 4.74 Å². The monoisotopic (exact) mass is 348 g/mol. The van der Waals surface area contributed by atoms with Gasteiger partial charge in [0.15, 0.2) is 0 Å². The Balaban J connectivity index is 1.56. The van der Waals surface area contributed by atoms with E-state index in [1.54, 1.807) is 11.3 Å². The summed E-state index contributed by atoms with van der Waals surface area (Å²) >= 11 is 1.79. The normalized spacial score (nSPS) is 22.4. The van der Waals surface area contributed by atoms with Crippen molar-refractivity contribution in [1.29, 1.82) is 0 Å². The molecule has 3 heterocycles. The number of thiophene rings is 1. The van der Waals surface area contributed by atoms with Crippen LogP contribution in [0.4, 0.5) is 0 Å². The zero-order valence-corrected chi connectivity index (χ0v) is 16.2. The molecular weight excluding hydrogens is 320 g/mol. The molecule has 1 aliphatic heterocycles. The van der Waals surface area contributed by atoms with Gasteiger partial charge >= 0.3 is 0 Å². The number of aryl methyl sites for hydroxylation is 3. The van der Waals surface area contributed by atoms with Crippen LogP contribution in [0, 0.1) is 20.8 Å². The summed E-state index contributed by atoms with van der Waals surface area (Å²) in [5, 5.41) is 4.83. The quantitative estimate of drug-likeness (QED) is 0.842. The molecule has 132 valence electrons. The van der Waals surface area contributed by atoms with Crippen LogP contribution in [-0.2, 0) is 11.3 Å². The Morgan fingerprint density at radius 3 is 2.58 bits per heavy atom. The van der Waals surface area contributed by atoms with E-state index < -0.39 is 0 Å². The minimum Gasteiger partial charge on any atom is -0.373 e. The lowest BCUT2D eigenvalue weighted by Gasteiger charge is -2.35. The van der Waals surface area contributed by atoms with Crippen LogP contribution in [0.15, 0.2) is 0 Å². The van der Waals surface area contributed by atoms with Gasteiger partial charge in [-0.1, -0.05) is 0 Å². The lowest BCUT2D eigenvalue weighted by Crippen LogP contribution is -2.47. The van der Waals surface area contributed by atoms with Gasteiger partial charge in [-0.2, -0.15) is 0 Å². The Kier molecular flexibility index (Phi) is 5.49. The molecule has 1 aliphatic rings. The van der Waals surface area contributed by atoms with E-state index in [1.165, 1.54) is 15.8 Å². The summed E-state index contributed by atoms with van der Waals surface area (Å²) < 4.78 is 5.79. The molecule has 0 amide bonds. The summed E-state index contributed by atoms with van der Waals surface area (Å²) in [6, 6.07) is 0. The molecule has 0 unspecified atom stereocenters. The van der Waals surface area contributed by atoms with E-state index in [0.717, 1.165) is 49.1 Å². The lowest BCUT2D eigenvalue weighted by molar-refractivity contribution is -0.0674. The zero-order valence-electron chi connectivity index (χ0n) is 15.3. The van der Waals surface area contributed by atoms with Crippen LogP contribution in [0.5, 0.6) is 0 Å². The van der Waals surface area contributed by atoms with Crippen molar-refractivity contribution >= 4 is 21.6 Å². The molecule has 2 aromatic rings. The number of hydrogen-bond donors (Lipinski definition) is 1. The van der Waals surface area contributed by atoms with Crippen molar-refractivity contribution in [2.45, 2.75) is 53.4 Å². The molecule has 6 heteroatoms. The summed E-state index contributed by atoms with van der Waals surface area (Å²) in [7, 11) is 0. The molecule has 1 fully saturated rings. The van der Waals surface area contributed by atoms with E-state index in [1.807, 2.05) is 6.92 Å². The second-order valence-electron chi connectivity index (χ2n) is 6.88. The third kappa shape index (κ3) is 3.94. The Morgan fingerprint density at radius 1 is 1.17 bits per heavy atom. The topological polar surface area (TPSA) is 50.3 Å². The van der Waals surface area contributed by atoms with Gasteiger partial charge in [0.25, 0.3) is 0 Å². The highest BCUT2D eigenvalue weighted by molar-refractivity contribution is 7.18. The Hall–Kier alpha value is -1.08. The molecule has 1 saturated heterocycles. The van der Waals surface area contributed by atoms with Crippen molar-refractivity contribution in [3.63, 3.8) is 0 Å². The number of rotatable bonds is 5. The molecule has 5 nitrogen and oxygen atoms in total. The number of nitrogens with zero attached hydrogens (tertiary/aromatic N) is 3. The third-order valence-electron chi connectivity index (χ3n) is 4.57. The van der Waals surface area contributed by atoms with Crippen LogP contribution >= 0.6 is 11.3 Å². The van der Waals surface area contributed by atoms with E-state index in [-0.39, 0.29) is 0 Å². The van der Waals surface area contributed by atoms with Crippen LogP contribution < -0.4 is 5.32 Å². The molecular formula is C18H28N4OS. The first-order valence-corrected chi connectivity index (χ1v) is 9.57. The first-order chi connectivity index (χ1) is 11.4. The van der Waals surface area contributed by atoms with Crippen molar-refractivity contribution in [3.8, 4) is 0 Å². The van der Waals surface area contributed by atoms with Crippen LogP contribution in [0.1, 0.15) is 35.8 Å². The summed E-state index contributed by atoms with van der Waals surface area (Å²) in [6.07, 6.45) is 0.673. The van der Waals surface area contributed by atoms with Crippen LogP contribution in [0.3, 0.4) is 0 Å². The highest BCUT2D eigenvalue weighted by Crippen LogP contribution is 2.31. The fourth-order valence-electron chi connectivity index (χ4n) is 3.59. The van der Waals surface area contributed by atoms with Crippen molar-refractivity contribution in [2.24, 2.45) is 0 Å². The summed E-state index contributed by atoms with van der Waals surface area (Å²) in [5.41, 5.74) is 2.42. The molecule has 2 aromatic heterocycles. The van der Waals surface area contributed by atoms with Crippen molar-refractivity contribution in [1.82, 2.24) is 20.2 Å². The fraction of sp³-hybridized carbons (Fsp3) is 0.667. The molecule has 0 radical (unpaired) electrons. The molecule has 0 aliphatic carbocycles. The van der Waals surface area contributed by atoms with Crippen LogP contribution in [0.25, 0.3) is 10.2 Å². The van der Waals surface area contributed by atoms with E-state index >= 15 is 0 Å². The van der Waals surface area contributed by atoms with Crippen LogP contribution in [-0.4, -0.2) is 53.3 Å². The lowest BCUT2D eigenvalue weighted by atomic mass is 10.1. The molecule has 0 saturated carbocycles. The van der Waals surface area contributed by atoms with Gasteiger partial charge in [-0.3, -0.25) is 4.90 Å². The van der Waals surface area contributed by atoms with E-state index in [0.29, 0.717) is 12.2 Å².